The number of likely N-dealkylation sites (N-methyl/N-ethyl adjacent to an activating group) is 2. The number of benzene rings is 1. The zero-order valence-electron chi connectivity index (χ0n) is 11.7. The summed E-state index contributed by atoms with van der Waals surface area (Å²) in [6.07, 6.45) is 3.77. The molecule has 2 rings (SSSR count). The maximum absolute atomic E-state index is 6.05. The van der Waals surface area contributed by atoms with Gasteiger partial charge in [0.05, 0.1) is 0 Å². The largest absolute Gasteiger partial charge is 0.275 e. The number of hydroxylamine groups is 2. The van der Waals surface area contributed by atoms with Crippen molar-refractivity contribution in [3.05, 3.63) is 35.9 Å². The molecular weight excluding hydrogens is 224 g/mol. The lowest BCUT2D eigenvalue weighted by atomic mass is 10.1. The molecule has 1 heterocycles. The first-order valence-corrected chi connectivity index (χ1v) is 6.87. The van der Waals surface area contributed by atoms with Crippen LogP contribution in [0.3, 0.4) is 0 Å². The third-order valence-corrected chi connectivity index (χ3v) is 3.66. The highest BCUT2D eigenvalue weighted by Gasteiger charge is 2.31. The number of hydrogen-bond donors (Lipinski definition) is 0. The fourth-order valence-corrected chi connectivity index (χ4v) is 2.51. The average Bonchev–Trinajstić information content (AvgIpc) is 2.40. The van der Waals surface area contributed by atoms with E-state index in [-0.39, 0.29) is 6.23 Å². The van der Waals surface area contributed by atoms with Crippen LogP contribution in [0.25, 0.3) is 0 Å². The van der Waals surface area contributed by atoms with Gasteiger partial charge in [0.15, 0.2) is 6.23 Å². The fraction of sp³-hybridized carbons (Fsp3) is 0.600. The monoisotopic (exact) mass is 248 g/mol. The summed E-state index contributed by atoms with van der Waals surface area (Å²) in [6, 6.07) is 10.9. The molecule has 100 valence electrons. The average molecular weight is 248 g/mol. The molecule has 1 aromatic carbocycles. The maximum Gasteiger partial charge on any atom is 0.157 e. The summed E-state index contributed by atoms with van der Waals surface area (Å²) in [5, 5.41) is 2.05. The summed E-state index contributed by atoms with van der Waals surface area (Å²) in [5.74, 6) is 0. The molecule has 3 nitrogen and oxygen atoms in total. The molecule has 0 amide bonds. The normalized spacial score (nSPS) is 26.4. The van der Waals surface area contributed by atoms with Gasteiger partial charge in [-0.2, -0.15) is 5.06 Å². The highest BCUT2D eigenvalue weighted by molar-refractivity contribution is 5.17. The molecule has 1 aliphatic rings. The molecule has 2 atom stereocenters. The Hall–Kier alpha value is -0.900. The molecule has 0 unspecified atom stereocenters. The van der Waals surface area contributed by atoms with Crippen molar-refractivity contribution in [1.82, 2.24) is 9.96 Å². The molecule has 3 heteroatoms. The molecule has 1 fully saturated rings. The first-order chi connectivity index (χ1) is 8.72. The quantitative estimate of drug-likeness (QED) is 0.814. The second-order valence-electron chi connectivity index (χ2n) is 5.15. The third kappa shape index (κ3) is 3.10. The van der Waals surface area contributed by atoms with Gasteiger partial charge in [-0.25, -0.2) is 0 Å². The van der Waals surface area contributed by atoms with E-state index in [1.165, 1.54) is 24.8 Å². The maximum atomic E-state index is 6.05. The van der Waals surface area contributed by atoms with Crippen molar-refractivity contribution in [2.24, 2.45) is 0 Å². The summed E-state index contributed by atoms with van der Waals surface area (Å²) in [7, 11) is 4.20. The smallest absolute Gasteiger partial charge is 0.157 e. The van der Waals surface area contributed by atoms with Gasteiger partial charge in [-0.15, -0.1) is 0 Å². The minimum Gasteiger partial charge on any atom is -0.275 e. The lowest BCUT2D eigenvalue weighted by Crippen LogP contribution is -2.50. The zero-order valence-corrected chi connectivity index (χ0v) is 11.7. The summed E-state index contributed by atoms with van der Waals surface area (Å²) in [6.45, 7) is 3.30. The number of nitrogens with zero attached hydrogens (tertiary/aromatic N) is 2. The van der Waals surface area contributed by atoms with Gasteiger partial charge in [-0.3, -0.25) is 9.74 Å². The van der Waals surface area contributed by atoms with Crippen LogP contribution in [0.2, 0.25) is 0 Å². The van der Waals surface area contributed by atoms with Gasteiger partial charge in [-0.05, 0) is 19.0 Å². The van der Waals surface area contributed by atoms with Crippen LogP contribution in [-0.2, 0) is 4.84 Å². The lowest BCUT2D eigenvalue weighted by Gasteiger charge is -2.42. The van der Waals surface area contributed by atoms with E-state index in [9.17, 15) is 0 Å². The van der Waals surface area contributed by atoms with Crippen LogP contribution in [0.4, 0.5) is 0 Å². The minimum atomic E-state index is 0.0501. The van der Waals surface area contributed by atoms with Gasteiger partial charge in [0.25, 0.3) is 0 Å². The van der Waals surface area contributed by atoms with Crippen molar-refractivity contribution in [2.75, 3.05) is 20.6 Å². The second kappa shape index (κ2) is 6.32. The van der Waals surface area contributed by atoms with Crippen LogP contribution in [0.15, 0.2) is 30.3 Å². The molecule has 0 aliphatic carbocycles. The van der Waals surface area contributed by atoms with Crippen LogP contribution in [-0.4, -0.2) is 36.6 Å². The molecule has 1 saturated heterocycles. The Morgan fingerprint density at radius 1 is 1.22 bits per heavy atom. The molecular formula is C15H24N2O. The highest BCUT2D eigenvalue weighted by Crippen LogP contribution is 2.28. The number of rotatable bonds is 4. The van der Waals surface area contributed by atoms with Crippen molar-refractivity contribution in [2.45, 2.75) is 38.5 Å². The van der Waals surface area contributed by atoms with Crippen LogP contribution >= 0.6 is 0 Å². The van der Waals surface area contributed by atoms with Crippen LogP contribution in [0, 0.1) is 0 Å². The van der Waals surface area contributed by atoms with Crippen LogP contribution in [0.5, 0.6) is 0 Å². The first-order valence-electron chi connectivity index (χ1n) is 6.87. The predicted molar refractivity (Wildman–Crippen MR) is 74.0 cm³/mol. The van der Waals surface area contributed by atoms with E-state index in [0.29, 0.717) is 6.04 Å². The first kappa shape index (κ1) is 13.5. The van der Waals surface area contributed by atoms with Gasteiger partial charge in [0.2, 0.25) is 0 Å². The Labute approximate surface area is 110 Å². The predicted octanol–water partition coefficient (Wildman–Crippen LogP) is 3.05. The van der Waals surface area contributed by atoms with Crippen LogP contribution in [0.1, 0.15) is 38.0 Å². The Morgan fingerprint density at radius 2 is 1.94 bits per heavy atom. The standard InChI is InChI=1S/C15H24N2O/c1-4-5-11-14-12-16(2)15(18-17(14)3)13-9-7-6-8-10-13/h6-10,14-15H,4-5,11-12H2,1-3H3/t14-,15-/m1/s1. The SMILES string of the molecule is CCCC[C@@H]1CN(C)[C@@H](c2ccccc2)ON1C. The van der Waals surface area contributed by atoms with Crippen molar-refractivity contribution < 1.29 is 4.84 Å². The highest BCUT2D eigenvalue weighted by atomic mass is 16.7. The van der Waals surface area contributed by atoms with E-state index in [0.717, 1.165) is 6.54 Å². The van der Waals surface area contributed by atoms with Crippen molar-refractivity contribution >= 4 is 0 Å². The summed E-state index contributed by atoms with van der Waals surface area (Å²) in [5.41, 5.74) is 1.22. The van der Waals surface area contributed by atoms with Crippen molar-refractivity contribution in [3.8, 4) is 0 Å². The van der Waals surface area contributed by atoms with E-state index < -0.39 is 0 Å². The van der Waals surface area contributed by atoms with Gasteiger partial charge >= 0.3 is 0 Å². The van der Waals surface area contributed by atoms with E-state index in [2.05, 4.69) is 50.2 Å². The van der Waals surface area contributed by atoms with Gasteiger partial charge in [-0.1, -0.05) is 50.1 Å². The van der Waals surface area contributed by atoms with E-state index in [1.807, 2.05) is 11.1 Å². The minimum absolute atomic E-state index is 0.0501. The van der Waals surface area contributed by atoms with Gasteiger partial charge < -0.3 is 0 Å². The third-order valence-electron chi connectivity index (χ3n) is 3.66. The molecule has 1 aliphatic heterocycles. The fourth-order valence-electron chi connectivity index (χ4n) is 2.51. The second-order valence-corrected chi connectivity index (χ2v) is 5.15. The Balaban J connectivity index is 2.01. The topological polar surface area (TPSA) is 15.7 Å². The zero-order chi connectivity index (χ0) is 13.0. The van der Waals surface area contributed by atoms with Crippen molar-refractivity contribution in [1.29, 1.82) is 0 Å². The number of unbranched alkanes of at least 4 members (excludes halogenated alkanes) is 1. The van der Waals surface area contributed by atoms with Gasteiger partial charge in [0.1, 0.15) is 0 Å². The molecule has 0 saturated carbocycles. The molecule has 0 aromatic heterocycles. The Kier molecular flexibility index (Phi) is 4.75. The summed E-state index contributed by atoms with van der Waals surface area (Å²) >= 11 is 0. The number of hydrogen-bond acceptors (Lipinski definition) is 3. The van der Waals surface area contributed by atoms with Gasteiger partial charge in [0, 0.05) is 19.6 Å². The van der Waals surface area contributed by atoms with E-state index >= 15 is 0 Å². The molecule has 0 spiro atoms. The summed E-state index contributed by atoms with van der Waals surface area (Å²) in [4.78, 5) is 8.35. The summed E-state index contributed by atoms with van der Waals surface area (Å²) < 4.78 is 0. The Morgan fingerprint density at radius 3 is 2.61 bits per heavy atom. The van der Waals surface area contributed by atoms with Crippen LogP contribution < -0.4 is 0 Å². The molecule has 18 heavy (non-hydrogen) atoms. The van der Waals surface area contributed by atoms with E-state index in [4.69, 9.17) is 4.84 Å². The molecule has 0 bridgehead atoms. The van der Waals surface area contributed by atoms with E-state index in [1.54, 1.807) is 0 Å². The lowest BCUT2D eigenvalue weighted by molar-refractivity contribution is -0.284. The Bertz CT molecular complexity index is 355. The molecule has 0 radical (unpaired) electrons. The van der Waals surface area contributed by atoms with Crippen molar-refractivity contribution in [3.63, 3.8) is 0 Å². The molecule has 1 aromatic rings. The molecule has 0 N–H and O–H groups in total.